The molecule has 2 aliphatic rings. The minimum atomic E-state index is -0.0757. The Hall–Kier alpha value is -3.26. The number of benzene rings is 2. The third kappa shape index (κ3) is 5.78. The Morgan fingerprint density at radius 3 is 0.850 bits per heavy atom. The summed E-state index contributed by atoms with van der Waals surface area (Å²) >= 11 is 0. The topological polar surface area (TPSA) is 34.1 Å². The maximum atomic E-state index is 13.6. The lowest BCUT2D eigenvalue weighted by Gasteiger charge is -2.29. The molecule has 0 fully saturated rings. The summed E-state index contributed by atoms with van der Waals surface area (Å²) < 4.78 is 0. The third-order valence-corrected chi connectivity index (χ3v) is 8.03. The molecule has 2 nitrogen and oxygen atoms in total. The van der Waals surface area contributed by atoms with Crippen LogP contribution in [-0.2, 0) is 31.2 Å². The first-order valence-corrected chi connectivity index (χ1v) is 14.4. The van der Waals surface area contributed by atoms with Gasteiger partial charge in [0.1, 0.15) is 0 Å². The number of ketones is 2. The van der Waals surface area contributed by atoms with E-state index in [0.717, 1.165) is 22.3 Å². The Morgan fingerprint density at radius 1 is 0.375 bits per heavy atom. The van der Waals surface area contributed by atoms with Gasteiger partial charge >= 0.3 is 0 Å². The molecule has 4 rings (SSSR count). The third-order valence-electron chi connectivity index (χ3n) is 8.03. The Bertz CT molecular complexity index is 1340. The van der Waals surface area contributed by atoms with E-state index in [9.17, 15) is 9.59 Å². The van der Waals surface area contributed by atoms with Gasteiger partial charge in [-0.05, 0) is 90.5 Å². The standard InChI is InChI=1S/C38H46O2/c1-35(2,3)25-17-23(18-26(21-25)36(4,5)6)33-29-13-16-32(40)34(30(29)14-15-31(33)39)24-19-27(37(7,8)9)22-28(20-24)38(10,11)12/h13-22H,1-12H3. The maximum absolute atomic E-state index is 13.6. The lowest BCUT2D eigenvalue weighted by atomic mass is 9.74. The average Bonchev–Trinajstić information content (AvgIpc) is 2.81. The summed E-state index contributed by atoms with van der Waals surface area (Å²) in [6, 6.07) is 13.2. The molecule has 2 aliphatic carbocycles. The van der Waals surface area contributed by atoms with Crippen LogP contribution < -0.4 is 0 Å². The number of hydrogen-bond acceptors (Lipinski definition) is 2. The van der Waals surface area contributed by atoms with Crippen LogP contribution in [0.3, 0.4) is 0 Å². The van der Waals surface area contributed by atoms with Gasteiger partial charge in [-0.25, -0.2) is 0 Å². The summed E-state index contributed by atoms with van der Waals surface area (Å²) in [5.74, 6) is -0.0521. The highest BCUT2D eigenvalue weighted by Gasteiger charge is 2.31. The largest absolute Gasteiger partial charge is 0.289 e. The van der Waals surface area contributed by atoms with E-state index in [1.807, 2.05) is 12.2 Å². The Morgan fingerprint density at radius 2 is 0.625 bits per heavy atom. The van der Waals surface area contributed by atoms with E-state index >= 15 is 0 Å². The number of hydrogen-bond donors (Lipinski definition) is 0. The molecule has 0 bridgehead atoms. The Labute approximate surface area is 242 Å². The van der Waals surface area contributed by atoms with Crippen LogP contribution >= 0.6 is 0 Å². The van der Waals surface area contributed by atoms with Crippen molar-refractivity contribution in [1.29, 1.82) is 0 Å². The minimum Gasteiger partial charge on any atom is -0.289 e. The van der Waals surface area contributed by atoms with Crippen LogP contribution in [0.15, 0.2) is 71.8 Å². The van der Waals surface area contributed by atoms with Gasteiger partial charge in [0.25, 0.3) is 0 Å². The van der Waals surface area contributed by atoms with Crippen LogP contribution in [0.25, 0.3) is 11.1 Å². The van der Waals surface area contributed by atoms with Crippen LogP contribution in [0.5, 0.6) is 0 Å². The smallest absolute Gasteiger partial charge is 0.187 e. The highest BCUT2D eigenvalue weighted by atomic mass is 16.1. The number of fused-ring (bicyclic) bond motifs is 1. The minimum absolute atomic E-state index is 0.0261. The van der Waals surface area contributed by atoms with Crippen LogP contribution in [-0.4, -0.2) is 11.6 Å². The number of carbonyl (C=O) groups excluding carboxylic acids is 2. The molecule has 210 valence electrons. The zero-order valence-electron chi connectivity index (χ0n) is 26.6. The second-order valence-corrected chi connectivity index (χ2v) is 15.6. The van der Waals surface area contributed by atoms with E-state index in [1.165, 1.54) is 22.3 Å². The van der Waals surface area contributed by atoms with Crippen LogP contribution in [0.2, 0.25) is 0 Å². The van der Waals surface area contributed by atoms with Crippen LogP contribution in [0.1, 0.15) is 116 Å². The zero-order chi connectivity index (χ0) is 30.0. The van der Waals surface area contributed by atoms with E-state index in [2.05, 4.69) is 119 Å². The SMILES string of the molecule is CC(C)(C)c1cc(C2=C3C=CC(=O)C(c4cc(C(C)(C)C)cc(C(C)(C)C)c4)=C3C=CC2=O)cc(C(C)(C)C)c1. The lowest BCUT2D eigenvalue weighted by Crippen LogP contribution is -2.20. The second-order valence-electron chi connectivity index (χ2n) is 15.6. The van der Waals surface area contributed by atoms with Gasteiger partial charge < -0.3 is 0 Å². The molecule has 0 unspecified atom stereocenters. The van der Waals surface area contributed by atoms with Crippen molar-refractivity contribution in [2.75, 3.05) is 0 Å². The summed E-state index contributed by atoms with van der Waals surface area (Å²) in [4.78, 5) is 27.2. The molecule has 0 saturated heterocycles. The van der Waals surface area contributed by atoms with Crippen molar-refractivity contribution in [3.63, 3.8) is 0 Å². The van der Waals surface area contributed by atoms with Crippen LogP contribution in [0.4, 0.5) is 0 Å². The summed E-state index contributed by atoms with van der Waals surface area (Å²) in [5.41, 5.74) is 9.28. The molecule has 0 heterocycles. The van der Waals surface area contributed by atoms with Crippen molar-refractivity contribution < 1.29 is 9.59 Å². The second kappa shape index (κ2) is 9.68. The molecular formula is C38H46O2. The summed E-state index contributed by atoms with van der Waals surface area (Å²) in [5, 5.41) is 0. The normalized spacial score (nSPS) is 16.7. The van der Waals surface area contributed by atoms with E-state index in [1.54, 1.807) is 12.2 Å². The first kappa shape index (κ1) is 29.7. The van der Waals surface area contributed by atoms with Gasteiger partial charge in [0, 0.05) is 11.1 Å². The van der Waals surface area contributed by atoms with Crippen molar-refractivity contribution in [3.05, 3.63) is 105 Å². The van der Waals surface area contributed by atoms with Crippen molar-refractivity contribution >= 4 is 22.7 Å². The highest BCUT2D eigenvalue weighted by molar-refractivity contribution is 6.35. The molecular weight excluding hydrogens is 488 g/mol. The molecule has 0 aromatic heterocycles. The molecule has 0 amide bonds. The molecule has 0 saturated carbocycles. The summed E-state index contributed by atoms with van der Waals surface area (Å²) in [7, 11) is 0. The van der Waals surface area contributed by atoms with E-state index in [-0.39, 0.29) is 33.2 Å². The average molecular weight is 535 g/mol. The fourth-order valence-electron chi connectivity index (χ4n) is 5.24. The summed E-state index contributed by atoms with van der Waals surface area (Å²) in [6.07, 6.45) is 6.96. The molecule has 0 spiro atoms. The van der Waals surface area contributed by atoms with Gasteiger partial charge in [-0.3, -0.25) is 9.59 Å². The molecule has 0 radical (unpaired) electrons. The molecule has 2 heteroatoms. The molecule has 40 heavy (non-hydrogen) atoms. The first-order chi connectivity index (χ1) is 18.2. The predicted molar refractivity (Wildman–Crippen MR) is 170 cm³/mol. The van der Waals surface area contributed by atoms with E-state index in [0.29, 0.717) is 11.1 Å². The first-order valence-electron chi connectivity index (χ1n) is 14.4. The maximum Gasteiger partial charge on any atom is 0.187 e. The fourth-order valence-corrected chi connectivity index (χ4v) is 5.24. The summed E-state index contributed by atoms with van der Waals surface area (Å²) in [6.45, 7) is 26.5. The molecule has 2 aromatic carbocycles. The van der Waals surface area contributed by atoms with Crippen LogP contribution in [0, 0.1) is 0 Å². The quantitative estimate of drug-likeness (QED) is 0.385. The Kier molecular flexibility index (Phi) is 7.19. The number of allylic oxidation sites excluding steroid dienone is 8. The molecule has 0 N–H and O–H groups in total. The number of carbonyl (C=O) groups is 2. The van der Waals surface area contributed by atoms with Crippen molar-refractivity contribution in [2.45, 2.75) is 105 Å². The fraction of sp³-hybridized carbons (Fsp3) is 0.421. The zero-order valence-corrected chi connectivity index (χ0v) is 26.6. The van der Waals surface area contributed by atoms with Gasteiger partial charge in [-0.15, -0.1) is 0 Å². The molecule has 0 aliphatic heterocycles. The van der Waals surface area contributed by atoms with Crippen molar-refractivity contribution in [2.24, 2.45) is 0 Å². The van der Waals surface area contributed by atoms with E-state index < -0.39 is 0 Å². The lowest BCUT2D eigenvalue weighted by molar-refractivity contribution is -0.110. The van der Waals surface area contributed by atoms with Gasteiger partial charge in [-0.1, -0.05) is 119 Å². The molecule has 0 atom stereocenters. The van der Waals surface area contributed by atoms with Crippen molar-refractivity contribution in [3.8, 4) is 0 Å². The molecule has 2 aromatic rings. The van der Waals surface area contributed by atoms with E-state index in [4.69, 9.17) is 0 Å². The number of rotatable bonds is 2. The van der Waals surface area contributed by atoms with Gasteiger partial charge in [0.15, 0.2) is 11.6 Å². The van der Waals surface area contributed by atoms with Gasteiger partial charge in [0.05, 0.1) is 0 Å². The van der Waals surface area contributed by atoms with Crippen molar-refractivity contribution in [1.82, 2.24) is 0 Å². The van der Waals surface area contributed by atoms with Gasteiger partial charge in [0.2, 0.25) is 0 Å². The monoisotopic (exact) mass is 534 g/mol. The Balaban J connectivity index is 2.05. The van der Waals surface area contributed by atoms with Gasteiger partial charge in [-0.2, -0.15) is 0 Å². The predicted octanol–water partition coefficient (Wildman–Crippen LogP) is 9.36. The highest BCUT2D eigenvalue weighted by Crippen LogP contribution is 2.42.